The maximum Gasteiger partial charge on any atom is 0.0408 e. The summed E-state index contributed by atoms with van der Waals surface area (Å²) in [6.45, 7) is 11.9. The van der Waals surface area contributed by atoms with E-state index in [9.17, 15) is 0 Å². The predicted octanol–water partition coefficient (Wildman–Crippen LogP) is 4.40. The summed E-state index contributed by atoms with van der Waals surface area (Å²) in [7, 11) is 0. The van der Waals surface area contributed by atoms with Gasteiger partial charge in [0.05, 0.1) is 0 Å². The van der Waals surface area contributed by atoms with Crippen LogP contribution in [0.2, 0.25) is 0 Å². The summed E-state index contributed by atoms with van der Waals surface area (Å²) in [4.78, 5) is 2.01. The van der Waals surface area contributed by atoms with Gasteiger partial charge in [-0.2, -0.15) is 0 Å². The first-order chi connectivity index (χ1) is 8.80. The zero-order chi connectivity index (χ0) is 13.2. The molecular formula is C17H19N. The zero-order valence-corrected chi connectivity index (χ0v) is 10.6. The van der Waals surface area contributed by atoms with Gasteiger partial charge in [-0.15, -0.1) is 0 Å². The van der Waals surface area contributed by atoms with E-state index in [0.29, 0.717) is 0 Å². The Balaban J connectivity index is 0.000000184. The first-order valence-corrected chi connectivity index (χ1v) is 5.86. The minimum Gasteiger partial charge on any atom is -0.351 e. The van der Waals surface area contributed by atoms with Crippen LogP contribution in [0.4, 0.5) is 0 Å². The summed E-state index contributed by atoms with van der Waals surface area (Å²) in [5, 5.41) is 0. The lowest BCUT2D eigenvalue weighted by Crippen LogP contribution is -2.11. The van der Waals surface area contributed by atoms with Crippen LogP contribution in [0.25, 0.3) is 6.08 Å². The van der Waals surface area contributed by atoms with Crippen molar-refractivity contribution in [3.8, 4) is 0 Å². The largest absolute Gasteiger partial charge is 0.351 e. The normalized spacial score (nSPS) is 12.9. The van der Waals surface area contributed by atoms with Crippen LogP contribution in [-0.2, 0) is 0 Å². The predicted molar refractivity (Wildman–Crippen MR) is 80.9 cm³/mol. The van der Waals surface area contributed by atoms with E-state index in [-0.39, 0.29) is 0 Å². The second-order valence-electron chi connectivity index (χ2n) is 3.72. The van der Waals surface area contributed by atoms with Gasteiger partial charge >= 0.3 is 0 Å². The Morgan fingerprint density at radius 2 is 1.72 bits per heavy atom. The number of hydrogen-bond acceptors (Lipinski definition) is 1. The monoisotopic (exact) mass is 237 g/mol. The Bertz CT molecular complexity index is 452. The van der Waals surface area contributed by atoms with E-state index >= 15 is 0 Å². The van der Waals surface area contributed by atoms with Crippen molar-refractivity contribution in [1.29, 1.82) is 0 Å². The number of benzene rings is 1. The molecule has 0 aromatic heterocycles. The molecule has 0 N–H and O–H groups in total. The third-order valence-corrected chi connectivity index (χ3v) is 2.50. The van der Waals surface area contributed by atoms with Gasteiger partial charge in [0.25, 0.3) is 0 Å². The molecule has 1 aliphatic rings. The molecule has 1 heterocycles. The zero-order valence-electron chi connectivity index (χ0n) is 10.6. The minimum atomic E-state index is 0.904. The molecule has 2 rings (SSSR count). The molecule has 0 bridgehead atoms. The van der Waals surface area contributed by atoms with E-state index in [1.807, 2.05) is 59.7 Å². The Kier molecular flexibility index (Phi) is 6.05. The average molecular weight is 237 g/mol. The van der Waals surface area contributed by atoms with Crippen molar-refractivity contribution in [2.75, 3.05) is 6.54 Å². The molecule has 0 radical (unpaired) electrons. The SMILES string of the molecule is C=CC1=CCN(C=C)C=C1.C=Cc1ccccc1. The minimum absolute atomic E-state index is 0.904. The van der Waals surface area contributed by atoms with E-state index in [0.717, 1.165) is 6.54 Å². The maximum atomic E-state index is 3.67. The van der Waals surface area contributed by atoms with E-state index in [4.69, 9.17) is 0 Å². The van der Waals surface area contributed by atoms with Crippen LogP contribution in [0.1, 0.15) is 5.56 Å². The first-order valence-electron chi connectivity index (χ1n) is 5.86. The maximum absolute atomic E-state index is 3.67. The number of rotatable bonds is 3. The lowest BCUT2D eigenvalue weighted by molar-refractivity contribution is 0.560. The van der Waals surface area contributed by atoms with Gasteiger partial charge in [0.1, 0.15) is 0 Å². The second-order valence-corrected chi connectivity index (χ2v) is 3.72. The lowest BCUT2D eigenvalue weighted by atomic mass is 10.2. The highest BCUT2D eigenvalue weighted by Gasteiger charge is 1.96. The van der Waals surface area contributed by atoms with Crippen molar-refractivity contribution >= 4 is 6.08 Å². The van der Waals surface area contributed by atoms with Crippen LogP contribution >= 0.6 is 0 Å². The highest BCUT2D eigenvalue weighted by atomic mass is 15.1. The first kappa shape index (κ1) is 13.8. The fourth-order valence-corrected chi connectivity index (χ4v) is 1.40. The van der Waals surface area contributed by atoms with Crippen LogP contribution < -0.4 is 0 Å². The molecule has 0 atom stereocenters. The van der Waals surface area contributed by atoms with Gasteiger partial charge in [-0.1, -0.05) is 68.3 Å². The molecule has 0 fully saturated rings. The summed E-state index contributed by atoms with van der Waals surface area (Å²) in [6.07, 6.45) is 11.6. The molecule has 0 spiro atoms. The van der Waals surface area contributed by atoms with Gasteiger partial charge in [-0.3, -0.25) is 0 Å². The van der Waals surface area contributed by atoms with E-state index in [1.165, 1.54) is 11.1 Å². The number of hydrogen-bond donors (Lipinski definition) is 0. The fourth-order valence-electron chi connectivity index (χ4n) is 1.40. The molecule has 1 aromatic carbocycles. The highest BCUT2D eigenvalue weighted by molar-refractivity contribution is 5.45. The molecule has 0 saturated carbocycles. The van der Waals surface area contributed by atoms with Crippen molar-refractivity contribution < 1.29 is 0 Å². The second kappa shape index (κ2) is 7.91. The molecule has 0 unspecified atom stereocenters. The molecular weight excluding hydrogens is 218 g/mol. The van der Waals surface area contributed by atoms with Crippen molar-refractivity contribution in [2.24, 2.45) is 0 Å². The van der Waals surface area contributed by atoms with Crippen LogP contribution in [0.15, 0.2) is 86.3 Å². The van der Waals surface area contributed by atoms with Crippen molar-refractivity contribution in [3.63, 3.8) is 0 Å². The molecule has 1 aromatic rings. The number of allylic oxidation sites excluding steroid dienone is 3. The molecule has 0 amide bonds. The average Bonchev–Trinajstić information content (AvgIpc) is 2.49. The summed E-state index contributed by atoms with van der Waals surface area (Å²) >= 11 is 0. The van der Waals surface area contributed by atoms with Gasteiger partial charge in [-0.25, -0.2) is 0 Å². The van der Waals surface area contributed by atoms with Crippen LogP contribution in [-0.4, -0.2) is 11.4 Å². The molecule has 1 heteroatoms. The summed E-state index contributed by atoms with van der Waals surface area (Å²) in [5.74, 6) is 0. The third-order valence-electron chi connectivity index (χ3n) is 2.50. The summed E-state index contributed by atoms with van der Waals surface area (Å²) in [6, 6.07) is 10.0. The van der Waals surface area contributed by atoms with Crippen LogP contribution in [0.5, 0.6) is 0 Å². The van der Waals surface area contributed by atoms with Gasteiger partial charge in [0.2, 0.25) is 0 Å². The molecule has 92 valence electrons. The van der Waals surface area contributed by atoms with E-state index in [2.05, 4.69) is 25.8 Å². The Morgan fingerprint density at radius 3 is 2.11 bits per heavy atom. The van der Waals surface area contributed by atoms with E-state index < -0.39 is 0 Å². The lowest BCUT2D eigenvalue weighted by Gasteiger charge is -2.15. The molecule has 18 heavy (non-hydrogen) atoms. The van der Waals surface area contributed by atoms with Crippen molar-refractivity contribution in [2.45, 2.75) is 0 Å². The topological polar surface area (TPSA) is 3.24 Å². The summed E-state index contributed by atoms with van der Waals surface area (Å²) < 4.78 is 0. The van der Waals surface area contributed by atoms with Gasteiger partial charge in [-0.05, 0) is 23.4 Å². The molecule has 0 aliphatic carbocycles. The molecule has 1 nitrogen and oxygen atoms in total. The third kappa shape index (κ3) is 4.71. The Labute approximate surface area is 110 Å². The summed E-state index contributed by atoms with van der Waals surface area (Å²) in [5.41, 5.74) is 2.35. The van der Waals surface area contributed by atoms with Crippen molar-refractivity contribution in [3.05, 3.63) is 91.8 Å². The highest BCUT2D eigenvalue weighted by Crippen LogP contribution is 2.06. The smallest absolute Gasteiger partial charge is 0.0408 e. The molecule has 1 aliphatic heterocycles. The van der Waals surface area contributed by atoms with Gasteiger partial charge < -0.3 is 4.90 Å². The molecule has 0 saturated heterocycles. The Morgan fingerprint density at radius 1 is 1.00 bits per heavy atom. The quantitative estimate of drug-likeness (QED) is 0.753. The van der Waals surface area contributed by atoms with Crippen molar-refractivity contribution in [1.82, 2.24) is 4.90 Å². The fraction of sp³-hybridized carbons (Fsp3) is 0.0588. The number of nitrogens with zero attached hydrogens (tertiary/aromatic N) is 1. The standard InChI is InChI=1S/C9H11N.C8H8/c1-3-9-5-7-10(4-2)8-6-9;1-2-8-6-4-3-5-7-8/h3-7H,1-2,8H2;2-7H,1H2. The van der Waals surface area contributed by atoms with E-state index in [1.54, 1.807) is 6.20 Å². The van der Waals surface area contributed by atoms with Gasteiger partial charge in [0, 0.05) is 12.7 Å². The van der Waals surface area contributed by atoms with Crippen LogP contribution in [0, 0.1) is 0 Å². The van der Waals surface area contributed by atoms with Crippen LogP contribution in [0.3, 0.4) is 0 Å². The Hall–Kier alpha value is -2.28. The van der Waals surface area contributed by atoms with Gasteiger partial charge in [0.15, 0.2) is 0 Å².